The van der Waals surface area contributed by atoms with Gasteiger partial charge in [-0.2, -0.15) is 0 Å². The Kier molecular flexibility index (Phi) is 5.94. The summed E-state index contributed by atoms with van der Waals surface area (Å²) in [5, 5.41) is 4.98. The molecule has 1 aliphatic rings. The third-order valence-corrected chi connectivity index (χ3v) is 9.81. The van der Waals surface area contributed by atoms with E-state index in [4.69, 9.17) is 9.97 Å². The van der Waals surface area contributed by atoms with Crippen LogP contribution in [-0.4, -0.2) is 14.5 Å². The summed E-state index contributed by atoms with van der Waals surface area (Å²) >= 11 is 0. The fourth-order valence-corrected chi connectivity index (χ4v) is 7.51. The van der Waals surface area contributed by atoms with Gasteiger partial charge in [-0.1, -0.05) is 127 Å². The lowest BCUT2D eigenvalue weighted by Crippen LogP contribution is -1.99. The van der Waals surface area contributed by atoms with Gasteiger partial charge < -0.3 is 4.57 Å². The van der Waals surface area contributed by atoms with Gasteiger partial charge in [0.05, 0.1) is 22.4 Å². The van der Waals surface area contributed by atoms with Crippen molar-refractivity contribution >= 4 is 32.6 Å². The number of hydrogen-bond donors (Lipinski definition) is 0. The highest BCUT2D eigenvalue weighted by Gasteiger charge is 2.27. The van der Waals surface area contributed by atoms with Crippen LogP contribution in [-0.2, 0) is 6.42 Å². The first-order valence-electron chi connectivity index (χ1n) is 16.5. The van der Waals surface area contributed by atoms with Crippen LogP contribution in [0.15, 0.2) is 164 Å². The molecule has 2 heterocycles. The topological polar surface area (TPSA) is 30.7 Å². The maximum atomic E-state index is 5.26. The minimum atomic E-state index is 0.754. The summed E-state index contributed by atoms with van der Waals surface area (Å²) in [6.07, 6.45) is 0.809. The van der Waals surface area contributed by atoms with Crippen molar-refractivity contribution in [3.8, 4) is 50.7 Å². The highest BCUT2D eigenvalue weighted by atomic mass is 15.0. The molecule has 0 saturated carbocycles. The van der Waals surface area contributed by atoms with Crippen LogP contribution in [0.25, 0.3) is 83.3 Å². The summed E-state index contributed by atoms with van der Waals surface area (Å²) in [5.74, 6) is 0.754. The molecule has 224 valence electrons. The summed E-state index contributed by atoms with van der Waals surface area (Å²) in [6, 6.07) is 58.6. The molecule has 3 heteroatoms. The summed E-state index contributed by atoms with van der Waals surface area (Å²) in [5.41, 5.74) is 13.8. The Morgan fingerprint density at radius 1 is 0.438 bits per heavy atom. The summed E-state index contributed by atoms with van der Waals surface area (Å²) in [7, 11) is 0. The molecule has 0 unspecified atom stereocenters. The third-order valence-electron chi connectivity index (χ3n) is 9.81. The van der Waals surface area contributed by atoms with E-state index in [0.29, 0.717) is 0 Å². The first kappa shape index (κ1) is 26.9. The molecule has 2 aromatic heterocycles. The maximum absolute atomic E-state index is 5.26. The number of nitrogens with zero attached hydrogens (tertiary/aromatic N) is 3. The normalized spacial score (nSPS) is 12.1. The predicted molar refractivity (Wildman–Crippen MR) is 198 cm³/mol. The van der Waals surface area contributed by atoms with E-state index in [1.54, 1.807) is 0 Å². The van der Waals surface area contributed by atoms with E-state index in [-0.39, 0.29) is 0 Å². The van der Waals surface area contributed by atoms with Gasteiger partial charge in [-0.15, -0.1) is 0 Å². The Hall–Kier alpha value is -6.32. The molecule has 0 N–H and O–H groups in total. The quantitative estimate of drug-likeness (QED) is 0.198. The zero-order valence-electron chi connectivity index (χ0n) is 26.1. The highest BCUT2D eigenvalue weighted by molar-refractivity contribution is 6.09. The number of aromatic nitrogens is 3. The average molecular weight is 612 g/mol. The van der Waals surface area contributed by atoms with Crippen molar-refractivity contribution in [1.29, 1.82) is 0 Å². The molecule has 48 heavy (non-hydrogen) atoms. The van der Waals surface area contributed by atoms with E-state index in [1.165, 1.54) is 60.4 Å². The molecule has 0 fully saturated rings. The number of rotatable bonds is 4. The van der Waals surface area contributed by atoms with Crippen molar-refractivity contribution in [2.24, 2.45) is 0 Å². The lowest BCUT2D eigenvalue weighted by atomic mass is 9.99. The van der Waals surface area contributed by atoms with E-state index in [1.807, 2.05) is 6.07 Å². The summed E-state index contributed by atoms with van der Waals surface area (Å²) in [4.78, 5) is 10.5. The SMILES string of the molecule is c1ccc(-c2nc(-c3ccc4ccccc4c3)c3c(n2)-c2cc(-c4cccc(-n5c6ccccc6c6ccccc65)c4)ccc2C3)cc1. The molecule has 10 rings (SSSR count). The third kappa shape index (κ3) is 4.21. The van der Waals surface area contributed by atoms with Crippen LogP contribution in [0.2, 0.25) is 0 Å². The van der Waals surface area contributed by atoms with Gasteiger partial charge in [0.15, 0.2) is 5.82 Å². The van der Waals surface area contributed by atoms with Gasteiger partial charge in [0, 0.05) is 45.1 Å². The molecular weight excluding hydrogens is 583 g/mol. The number of hydrogen-bond acceptors (Lipinski definition) is 2. The van der Waals surface area contributed by atoms with Crippen LogP contribution in [0.1, 0.15) is 11.1 Å². The van der Waals surface area contributed by atoms with Crippen molar-refractivity contribution in [1.82, 2.24) is 14.5 Å². The standard InChI is InChI=1S/C45H29N3/c1-2-12-30(13-3-1)45-46-43(35-24-21-29-11-4-5-14-31(29)25-35)40-28-34-23-22-33(27-39(34)44(40)47-45)32-15-10-16-36(26-32)48-41-19-8-6-17-37(41)38-18-7-9-20-42(38)48/h1-27H,28H2. The van der Waals surface area contributed by atoms with Crippen LogP contribution >= 0.6 is 0 Å². The Morgan fingerprint density at radius 3 is 1.90 bits per heavy atom. The monoisotopic (exact) mass is 611 g/mol. The van der Waals surface area contributed by atoms with Gasteiger partial charge in [-0.05, 0) is 63.9 Å². The number of fused-ring (bicyclic) bond motifs is 7. The van der Waals surface area contributed by atoms with Crippen LogP contribution in [0.3, 0.4) is 0 Å². The molecule has 0 amide bonds. The van der Waals surface area contributed by atoms with Gasteiger partial charge in [-0.25, -0.2) is 9.97 Å². The van der Waals surface area contributed by atoms with Gasteiger partial charge in [0.25, 0.3) is 0 Å². The van der Waals surface area contributed by atoms with E-state index in [2.05, 4.69) is 162 Å². The van der Waals surface area contributed by atoms with Crippen molar-refractivity contribution in [3.05, 3.63) is 175 Å². The Balaban J connectivity index is 1.13. The molecule has 0 atom stereocenters. The molecule has 1 aliphatic carbocycles. The van der Waals surface area contributed by atoms with E-state index in [9.17, 15) is 0 Å². The van der Waals surface area contributed by atoms with E-state index in [0.717, 1.165) is 40.4 Å². The molecule has 0 radical (unpaired) electrons. The van der Waals surface area contributed by atoms with Crippen LogP contribution in [0.5, 0.6) is 0 Å². The van der Waals surface area contributed by atoms with E-state index < -0.39 is 0 Å². The Labute approximate surface area is 278 Å². The minimum Gasteiger partial charge on any atom is -0.309 e. The minimum absolute atomic E-state index is 0.754. The first-order chi connectivity index (χ1) is 23.8. The predicted octanol–water partition coefficient (Wildman–Crippen LogP) is 11.3. The molecule has 9 aromatic rings. The fourth-order valence-electron chi connectivity index (χ4n) is 7.51. The average Bonchev–Trinajstić information content (AvgIpc) is 3.70. The fraction of sp³-hybridized carbons (Fsp3) is 0.0222. The molecule has 0 aliphatic heterocycles. The molecule has 0 bridgehead atoms. The Morgan fingerprint density at radius 2 is 1.08 bits per heavy atom. The van der Waals surface area contributed by atoms with Gasteiger partial charge in [0.2, 0.25) is 0 Å². The zero-order valence-corrected chi connectivity index (χ0v) is 26.1. The molecule has 3 nitrogen and oxygen atoms in total. The second-order valence-corrected chi connectivity index (χ2v) is 12.6. The Bertz CT molecular complexity index is 2650. The molecular formula is C45H29N3. The van der Waals surface area contributed by atoms with Crippen molar-refractivity contribution in [3.63, 3.8) is 0 Å². The van der Waals surface area contributed by atoms with Crippen LogP contribution < -0.4 is 0 Å². The van der Waals surface area contributed by atoms with Gasteiger partial charge in [-0.3, -0.25) is 0 Å². The van der Waals surface area contributed by atoms with Crippen molar-refractivity contribution < 1.29 is 0 Å². The lowest BCUT2D eigenvalue weighted by Gasteiger charge is -2.12. The summed E-state index contributed by atoms with van der Waals surface area (Å²) < 4.78 is 2.38. The number of benzene rings is 7. The smallest absolute Gasteiger partial charge is 0.160 e. The second kappa shape index (κ2) is 10.6. The molecule has 0 spiro atoms. The number of para-hydroxylation sites is 2. The molecule has 7 aromatic carbocycles. The van der Waals surface area contributed by atoms with Gasteiger partial charge >= 0.3 is 0 Å². The second-order valence-electron chi connectivity index (χ2n) is 12.6. The lowest BCUT2D eigenvalue weighted by molar-refractivity contribution is 1.13. The first-order valence-corrected chi connectivity index (χ1v) is 16.5. The maximum Gasteiger partial charge on any atom is 0.160 e. The largest absolute Gasteiger partial charge is 0.309 e. The zero-order chi connectivity index (χ0) is 31.6. The molecule has 0 saturated heterocycles. The van der Waals surface area contributed by atoms with Crippen molar-refractivity contribution in [2.45, 2.75) is 6.42 Å². The van der Waals surface area contributed by atoms with Crippen LogP contribution in [0, 0.1) is 0 Å². The summed E-state index contributed by atoms with van der Waals surface area (Å²) in [6.45, 7) is 0. The van der Waals surface area contributed by atoms with Gasteiger partial charge in [0.1, 0.15) is 0 Å². The van der Waals surface area contributed by atoms with Crippen molar-refractivity contribution in [2.75, 3.05) is 0 Å². The van der Waals surface area contributed by atoms with E-state index >= 15 is 0 Å². The van der Waals surface area contributed by atoms with Crippen LogP contribution in [0.4, 0.5) is 0 Å². The highest BCUT2D eigenvalue weighted by Crippen LogP contribution is 2.43.